The molecule has 1 amide bonds. The SMILES string of the molecule is CN(CC(=O)N1CC[C@@H]2OCc3cnnn3[C@H]2C1)Cc1cccnc1. The Hall–Kier alpha value is -2.32. The van der Waals surface area contributed by atoms with Crippen LogP contribution in [0.2, 0.25) is 0 Å². The number of fused-ring (bicyclic) bond motifs is 3. The van der Waals surface area contributed by atoms with Gasteiger partial charge in [-0.05, 0) is 25.1 Å². The van der Waals surface area contributed by atoms with E-state index in [1.165, 1.54) is 0 Å². The highest BCUT2D eigenvalue weighted by atomic mass is 16.5. The average molecular weight is 342 g/mol. The molecular formula is C17H22N6O2. The first-order valence-corrected chi connectivity index (χ1v) is 8.56. The lowest BCUT2D eigenvalue weighted by Gasteiger charge is -2.41. The summed E-state index contributed by atoms with van der Waals surface area (Å²) >= 11 is 0. The molecule has 1 fully saturated rings. The van der Waals surface area contributed by atoms with Gasteiger partial charge in [-0.25, -0.2) is 4.68 Å². The van der Waals surface area contributed by atoms with Crippen molar-refractivity contribution in [2.75, 3.05) is 26.7 Å². The van der Waals surface area contributed by atoms with Gasteiger partial charge < -0.3 is 9.64 Å². The van der Waals surface area contributed by atoms with Crippen LogP contribution in [0.3, 0.4) is 0 Å². The Labute approximate surface area is 146 Å². The van der Waals surface area contributed by atoms with E-state index in [-0.39, 0.29) is 18.1 Å². The lowest BCUT2D eigenvalue weighted by Crippen LogP contribution is -2.51. The molecule has 0 radical (unpaired) electrons. The van der Waals surface area contributed by atoms with E-state index in [0.29, 0.717) is 26.2 Å². The molecule has 132 valence electrons. The number of piperidine rings is 1. The number of carbonyl (C=O) groups is 1. The standard InChI is InChI=1S/C17H22N6O2/c1-21(9-13-3-2-5-18-7-13)11-17(24)22-6-4-16-15(10-22)23-14(12-25-16)8-19-20-23/h2-3,5,7-8,15-16H,4,6,9-12H2,1H3/t15-,16-/m0/s1. The predicted molar refractivity (Wildman–Crippen MR) is 89.4 cm³/mol. The minimum Gasteiger partial charge on any atom is -0.370 e. The van der Waals surface area contributed by atoms with Crippen molar-refractivity contribution < 1.29 is 9.53 Å². The third kappa shape index (κ3) is 3.40. The maximum Gasteiger partial charge on any atom is 0.236 e. The molecule has 2 aliphatic heterocycles. The normalized spacial score (nSPS) is 22.6. The molecule has 0 aliphatic carbocycles. The van der Waals surface area contributed by atoms with Gasteiger partial charge in [-0.1, -0.05) is 11.3 Å². The van der Waals surface area contributed by atoms with Crippen molar-refractivity contribution in [3.63, 3.8) is 0 Å². The summed E-state index contributed by atoms with van der Waals surface area (Å²) in [6.07, 6.45) is 6.27. The van der Waals surface area contributed by atoms with Crippen molar-refractivity contribution in [3.05, 3.63) is 42.0 Å². The largest absolute Gasteiger partial charge is 0.370 e. The van der Waals surface area contributed by atoms with Crippen LogP contribution in [0.5, 0.6) is 0 Å². The molecule has 25 heavy (non-hydrogen) atoms. The minimum atomic E-state index is 0.0626. The Balaban J connectivity index is 1.37. The van der Waals surface area contributed by atoms with Crippen LogP contribution in [-0.4, -0.2) is 68.5 Å². The molecule has 4 rings (SSSR count). The predicted octanol–water partition coefficient (Wildman–Crippen LogP) is 0.477. The van der Waals surface area contributed by atoms with E-state index in [9.17, 15) is 4.79 Å². The van der Waals surface area contributed by atoms with Gasteiger partial charge in [-0.3, -0.25) is 14.7 Å². The number of nitrogens with zero attached hydrogens (tertiary/aromatic N) is 6. The first-order valence-electron chi connectivity index (χ1n) is 8.56. The topological polar surface area (TPSA) is 76.4 Å². The molecule has 2 aromatic rings. The summed E-state index contributed by atoms with van der Waals surface area (Å²) in [6, 6.07) is 3.99. The summed E-state index contributed by atoms with van der Waals surface area (Å²) < 4.78 is 7.82. The van der Waals surface area contributed by atoms with Gasteiger partial charge in [0.25, 0.3) is 0 Å². The molecule has 1 saturated heterocycles. The van der Waals surface area contributed by atoms with Crippen LogP contribution in [0.15, 0.2) is 30.7 Å². The fourth-order valence-corrected chi connectivity index (χ4v) is 3.60. The van der Waals surface area contributed by atoms with E-state index < -0.39 is 0 Å². The number of amides is 1. The van der Waals surface area contributed by atoms with E-state index in [2.05, 4.69) is 15.3 Å². The van der Waals surface area contributed by atoms with Crippen molar-refractivity contribution in [3.8, 4) is 0 Å². The number of ether oxygens (including phenoxy) is 1. The van der Waals surface area contributed by atoms with Gasteiger partial charge >= 0.3 is 0 Å². The number of pyridine rings is 1. The van der Waals surface area contributed by atoms with Crippen molar-refractivity contribution >= 4 is 5.91 Å². The smallest absolute Gasteiger partial charge is 0.236 e. The summed E-state index contributed by atoms with van der Waals surface area (Å²) in [5, 5.41) is 8.16. The maximum atomic E-state index is 12.7. The minimum absolute atomic E-state index is 0.0626. The summed E-state index contributed by atoms with van der Waals surface area (Å²) in [4.78, 5) is 20.8. The lowest BCUT2D eigenvalue weighted by molar-refractivity contribution is -0.139. The van der Waals surface area contributed by atoms with Gasteiger partial charge in [0.1, 0.15) is 0 Å². The van der Waals surface area contributed by atoms with E-state index >= 15 is 0 Å². The molecule has 8 nitrogen and oxygen atoms in total. The zero-order valence-electron chi connectivity index (χ0n) is 14.3. The van der Waals surface area contributed by atoms with Crippen LogP contribution in [-0.2, 0) is 22.7 Å². The van der Waals surface area contributed by atoms with Crippen molar-refractivity contribution in [2.24, 2.45) is 0 Å². The van der Waals surface area contributed by atoms with Gasteiger partial charge in [0.05, 0.1) is 37.2 Å². The fourth-order valence-electron chi connectivity index (χ4n) is 3.60. The number of rotatable bonds is 4. The molecule has 4 heterocycles. The highest BCUT2D eigenvalue weighted by molar-refractivity contribution is 5.78. The van der Waals surface area contributed by atoms with Crippen LogP contribution in [0.1, 0.15) is 23.7 Å². The Morgan fingerprint density at radius 1 is 1.44 bits per heavy atom. The summed E-state index contributed by atoms with van der Waals surface area (Å²) in [7, 11) is 1.96. The summed E-state index contributed by atoms with van der Waals surface area (Å²) in [5.74, 6) is 0.136. The molecule has 0 N–H and O–H groups in total. The second-order valence-electron chi connectivity index (χ2n) is 6.75. The molecule has 0 unspecified atom stereocenters. The molecule has 0 saturated carbocycles. The van der Waals surface area contributed by atoms with Crippen molar-refractivity contribution in [1.29, 1.82) is 0 Å². The quantitative estimate of drug-likeness (QED) is 0.804. The van der Waals surface area contributed by atoms with E-state index in [1.807, 2.05) is 39.9 Å². The van der Waals surface area contributed by atoms with Gasteiger partial charge in [0, 0.05) is 32.0 Å². The molecule has 0 spiro atoms. The molecule has 0 bridgehead atoms. The average Bonchev–Trinajstić information content (AvgIpc) is 3.11. The highest BCUT2D eigenvalue weighted by Gasteiger charge is 2.37. The first kappa shape index (κ1) is 16.2. The Bertz CT molecular complexity index is 734. The number of aromatic nitrogens is 4. The monoisotopic (exact) mass is 342 g/mol. The number of likely N-dealkylation sites (tertiary alicyclic amines) is 1. The van der Waals surface area contributed by atoms with Crippen molar-refractivity contribution in [2.45, 2.75) is 31.7 Å². The fraction of sp³-hybridized carbons (Fsp3) is 0.529. The van der Waals surface area contributed by atoms with Crippen molar-refractivity contribution in [1.82, 2.24) is 29.8 Å². The highest BCUT2D eigenvalue weighted by Crippen LogP contribution is 2.30. The van der Waals surface area contributed by atoms with Gasteiger partial charge in [-0.15, -0.1) is 5.10 Å². The van der Waals surface area contributed by atoms with E-state index in [1.54, 1.807) is 12.4 Å². The van der Waals surface area contributed by atoms with Crippen LogP contribution in [0.4, 0.5) is 0 Å². The van der Waals surface area contributed by atoms with Crippen LogP contribution < -0.4 is 0 Å². The number of hydrogen-bond donors (Lipinski definition) is 0. The lowest BCUT2D eigenvalue weighted by atomic mass is 10.0. The van der Waals surface area contributed by atoms with Gasteiger partial charge in [0.2, 0.25) is 5.91 Å². The van der Waals surface area contributed by atoms with Crippen LogP contribution >= 0.6 is 0 Å². The second-order valence-corrected chi connectivity index (χ2v) is 6.75. The Kier molecular flexibility index (Phi) is 4.46. The Morgan fingerprint density at radius 2 is 2.36 bits per heavy atom. The van der Waals surface area contributed by atoms with Crippen LogP contribution in [0, 0.1) is 0 Å². The zero-order valence-corrected chi connectivity index (χ0v) is 14.3. The number of hydrogen-bond acceptors (Lipinski definition) is 6. The molecule has 8 heteroatoms. The number of likely N-dealkylation sites (N-methyl/N-ethyl adjacent to an activating group) is 1. The third-order valence-electron chi connectivity index (χ3n) is 4.86. The molecule has 0 aromatic carbocycles. The Morgan fingerprint density at radius 3 is 3.20 bits per heavy atom. The van der Waals surface area contributed by atoms with Gasteiger partial charge in [0.15, 0.2) is 0 Å². The molecular weight excluding hydrogens is 320 g/mol. The molecule has 2 aromatic heterocycles. The van der Waals surface area contributed by atoms with E-state index in [4.69, 9.17) is 4.74 Å². The molecule has 2 atom stereocenters. The zero-order chi connectivity index (χ0) is 17.2. The third-order valence-corrected chi connectivity index (χ3v) is 4.86. The molecule has 2 aliphatic rings. The summed E-state index contributed by atoms with van der Waals surface area (Å²) in [5.41, 5.74) is 2.08. The second kappa shape index (κ2) is 6.89. The maximum absolute atomic E-state index is 12.7. The van der Waals surface area contributed by atoms with Gasteiger partial charge in [-0.2, -0.15) is 0 Å². The van der Waals surface area contributed by atoms with E-state index in [0.717, 1.165) is 24.2 Å². The van der Waals surface area contributed by atoms with Crippen LogP contribution in [0.25, 0.3) is 0 Å². The first-order chi connectivity index (χ1) is 12.2. The summed E-state index contributed by atoms with van der Waals surface area (Å²) in [6.45, 7) is 2.99. The number of carbonyl (C=O) groups excluding carboxylic acids is 1.